The van der Waals surface area contributed by atoms with Gasteiger partial charge in [-0.3, -0.25) is 4.57 Å². The molecule has 0 aliphatic heterocycles. The predicted molar refractivity (Wildman–Crippen MR) is 62.9 cm³/mol. The number of halogens is 1. The van der Waals surface area contributed by atoms with Gasteiger partial charge in [-0.05, 0) is 35.0 Å². The first kappa shape index (κ1) is 11.8. The Bertz CT molecular complexity index is 408. The van der Waals surface area contributed by atoms with Gasteiger partial charge in [-0.15, -0.1) is 10.2 Å². The van der Waals surface area contributed by atoms with Crippen LogP contribution in [0.5, 0.6) is 0 Å². The minimum atomic E-state index is 0.825. The first-order chi connectivity index (χ1) is 7.27. The molecule has 15 heavy (non-hydrogen) atoms. The van der Waals surface area contributed by atoms with Crippen molar-refractivity contribution >= 4 is 15.9 Å². The van der Waals surface area contributed by atoms with E-state index >= 15 is 0 Å². The van der Waals surface area contributed by atoms with E-state index in [4.69, 9.17) is 0 Å². The Kier molecular flexibility index (Phi) is 4.42. The van der Waals surface area contributed by atoms with Gasteiger partial charge in [-0.1, -0.05) is 13.8 Å². The minimum absolute atomic E-state index is 0.825. The van der Waals surface area contributed by atoms with E-state index < -0.39 is 0 Å². The Morgan fingerprint density at radius 1 is 1.27 bits per heavy atom. The summed E-state index contributed by atoms with van der Waals surface area (Å²) in [4.78, 5) is 4.22. The number of hydrogen-bond acceptors (Lipinski definition) is 3. The van der Waals surface area contributed by atoms with Gasteiger partial charge in [0.15, 0.2) is 0 Å². The van der Waals surface area contributed by atoms with Crippen molar-refractivity contribution in [2.45, 2.75) is 20.8 Å². The molecule has 2 heterocycles. The highest BCUT2D eigenvalue weighted by molar-refractivity contribution is 9.10. The summed E-state index contributed by atoms with van der Waals surface area (Å²) in [5.74, 6) is 1.65. The molecule has 2 aromatic rings. The molecular weight excluding hydrogens is 256 g/mol. The van der Waals surface area contributed by atoms with Crippen molar-refractivity contribution in [3.8, 4) is 5.82 Å². The summed E-state index contributed by atoms with van der Waals surface area (Å²) in [6, 6.07) is 3.84. The van der Waals surface area contributed by atoms with Crippen LogP contribution >= 0.6 is 15.9 Å². The lowest BCUT2D eigenvalue weighted by atomic mass is 10.4. The van der Waals surface area contributed by atoms with Gasteiger partial charge >= 0.3 is 0 Å². The molecular formula is C10H13BrN4. The lowest BCUT2D eigenvalue weighted by molar-refractivity contribution is 0.930. The van der Waals surface area contributed by atoms with E-state index in [1.807, 2.05) is 37.5 Å². The van der Waals surface area contributed by atoms with Crippen LogP contribution in [-0.4, -0.2) is 19.7 Å². The van der Waals surface area contributed by atoms with Crippen LogP contribution in [0.1, 0.15) is 19.7 Å². The van der Waals surface area contributed by atoms with Gasteiger partial charge in [0.05, 0.1) is 0 Å². The number of aromatic nitrogens is 4. The molecule has 4 nitrogen and oxygen atoms in total. The van der Waals surface area contributed by atoms with Crippen molar-refractivity contribution in [2.75, 3.05) is 0 Å². The highest BCUT2D eigenvalue weighted by Gasteiger charge is 2.01. The molecule has 0 fully saturated rings. The monoisotopic (exact) mass is 268 g/mol. The van der Waals surface area contributed by atoms with Crippen LogP contribution in [0.3, 0.4) is 0 Å². The third-order valence-corrected chi connectivity index (χ3v) is 2.15. The zero-order valence-corrected chi connectivity index (χ0v) is 10.6. The van der Waals surface area contributed by atoms with Crippen molar-refractivity contribution in [3.63, 3.8) is 0 Å². The highest BCUT2D eigenvalue weighted by Crippen LogP contribution is 2.10. The lowest BCUT2D eigenvalue weighted by Crippen LogP contribution is -1.97. The second kappa shape index (κ2) is 5.60. The van der Waals surface area contributed by atoms with Crippen LogP contribution in [-0.2, 0) is 0 Å². The van der Waals surface area contributed by atoms with Crippen molar-refractivity contribution in [1.82, 2.24) is 19.7 Å². The number of aryl methyl sites for hydroxylation is 1. The van der Waals surface area contributed by atoms with Gasteiger partial charge in [0.25, 0.3) is 0 Å². The van der Waals surface area contributed by atoms with Crippen molar-refractivity contribution in [3.05, 3.63) is 35.0 Å². The van der Waals surface area contributed by atoms with Gasteiger partial charge in [-0.25, -0.2) is 4.98 Å². The van der Waals surface area contributed by atoms with E-state index in [0.717, 1.165) is 16.1 Å². The number of hydrogen-bond donors (Lipinski definition) is 0. The Labute approximate surface area is 97.5 Å². The van der Waals surface area contributed by atoms with Crippen molar-refractivity contribution in [1.29, 1.82) is 0 Å². The summed E-state index contributed by atoms with van der Waals surface area (Å²) >= 11 is 3.32. The molecule has 0 saturated carbocycles. The molecule has 2 rings (SSSR count). The Morgan fingerprint density at radius 2 is 2.00 bits per heavy atom. The predicted octanol–water partition coefficient (Wildman–Crippen LogP) is 2.76. The van der Waals surface area contributed by atoms with Crippen LogP contribution in [0.4, 0.5) is 0 Å². The Hall–Kier alpha value is -1.23. The standard InChI is InChI=1S/C8H7BrN4.C2H6/c1-6-12-11-5-13(6)8-3-2-7(9)4-10-8;1-2/h2-5H,1H3;1-2H3. The molecule has 0 spiro atoms. The summed E-state index contributed by atoms with van der Waals surface area (Å²) in [6.45, 7) is 5.89. The Balaban J connectivity index is 0.000000531. The summed E-state index contributed by atoms with van der Waals surface area (Å²) < 4.78 is 2.79. The highest BCUT2D eigenvalue weighted by atomic mass is 79.9. The van der Waals surface area contributed by atoms with Gasteiger partial charge in [0, 0.05) is 10.7 Å². The van der Waals surface area contributed by atoms with E-state index in [0.29, 0.717) is 0 Å². The van der Waals surface area contributed by atoms with Crippen LogP contribution in [0, 0.1) is 6.92 Å². The third kappa shape index (κ3) is 2.86. The average Bonchev–Trinajstić information content (AvgIpc) is 2.69. The molecule has 0 radical (unpaired) electrons. The van der Waals surface area contributed by atoms with Gasteiger partial charge in [-0.2, -0.15) is 0 Å². The minimum Gasteiger partial charge on any atom is -0.269 e. The quantitative estimate of drug-likeness (QED) is 0.799. The maximum absolute atomic E-state index is 4.22. The lowest BCUT2D eigenvalue weighted by Gasteiger charge is -2.01. The van der Waals surface area contributed by atoms with Gasteiger partial charge in [0.1, 0.15) is 18.0 Å². The van der Waals surface area contributed by atoms with Crippen LogP contribution in [0.2, 0.25) is 0 Å². The smallest absolute Gasteiger partial charge is 0.139 e. The molecule has 0 amide bonds. The zero-order valence-electron chi connectivity index (χ0n) is 8.98. The fourth-order valence-corrected chi connectivity index (χ4v) is 1.26. The molecule has 0 N–H and O–H groups in total. The van der Waals surface area contributed by atoms with E-state index in [9.17, 15) is 0 Å². The maximum atomic E-state index is 4.22. The molecule has 0 atom stereocenters. The summed E-state index contributed by atoms with van der Waals surface area (Å²) in [5.41, 5.74) is 0. The normalized spacial score (nSPS) is 9.33. The zero-order chi connectivity index (χ0) is 11.3. The number of rotatable bonds is 1. The van der Waals surface area contributed by atoms with Crippen LogP contribution in [0.25, 0.3) is 5.82 Å². The Morgan fingerprint density at radius 3 is 2.47 bits per heavy atom. The summed E-state index contributed by atoms with van der Waals surface area (Å²) in [7, 11) is 0. The molecule has 5 heteroatoms. The van der Waals surface area contributed by atoms with Crippen molar-refractivity contribution < 1.29 is 0 Å². The van der Waals surface area contributed by atoms with E-state index in [2.05, 4.69) is 31.1 Å². The van der Waals surface area contributed by atoms with Crippen LogP contribution < -0.4 is 0 Å². The molecule has 80 valence electrons. The second-order valence-corrected chi connectivity index (χ2v) is 3.50. The fraction of sp³-hybridized carbons (Fsp3) is 0.300. The van der Waals surface area contributed by atoms with Gasteiger partial charge < -0.3 is 0 Å². The molecule has 0 aliphatic rings. The van der Waals surface area contributed by atoms with E-state index in [1.165, 1.54) is 0 Å². The molecule has 0 aliphatic carbocycles. The fourth-order valence-electron chi connectivity index (χ4n) is 1.03. The number of nitrogens with zero attached hydrogens (tertiary/aromatic N) is 4. The van der Waals surface area contributed by atoms with E-state index in [-0.39, 0.29) is 0 Å². The average molecular weight is 269 g/mol. The first-order valence-corrected chi connectivity index (χ1v) is 5.55. The number of pyridine rings is 1. The molecule has 2 aromatic heterocycles. The first-order valence-electron chi connectivity index (χ1n) is 4.76. The van der Waals surface area contributed by atoms with E-state index in [1.54, 1.807) is 12.5 Å². The topological polar surface area (TPSA) is 43.6 Å². The molecule has 0 unspecified atom stereocenters. The summed E-state index contributed by atoms with van der Waals surface area (Å²) in [6.07, 6.45) is 3.39. The summed E-state index contributed by atoms with van der Waals surface area (Å²) in [5, 5.41) is 7.66. The van der Waals surface area contributed by atoms with Crippen LogP contribution in [0.15, 0.2) is 29.1 Å². The van der Waals surface area contributed by atoms with Gasteiger partial charge in [0.2, 0.25) is 0 Å². The molecule has 0 bridgehead atoms. The maximum Gasteiger partial charge on any atom is 0.139 e. The molecule has 0 aromatic carbocycles. The van der Waals surface area contributed by atoms with Crippen molar-refractivity contribution in [2.24, 2.45) is 0 Å². The largest absolute Gasteiger partial charge is 0.269 e. The second-order valence-electron chi connectivity index (χ2n) is 2.58. The SMILES string of the molecule is CC.Cc1nncn1-c1ccc(Br)cn1. The third-order valence-electron chi connectivity index (χ3n) is 1.68. The molecule has 0 saturated heterocycles.